The van der Waals surface area contributed by atoms with Crippen LogP contribution in [0.25, 0.3) is 11.4 Å². The first-order valence-corrected chi connectivity index (χ1v) is 11.9. The maximum Gasteiger partial charge on any atom is 0.409 e. The largest absolute Gasteiger partial charge is 0.481 e. The van der Waals surface area contributed by atoms with Crippen molar-refractivity contribution in [2.45, 2.75) is 32.7 Å². The zero-order valence-electron chi connectivity index (χ0n) is 20.1. The summed E-state index contributed by atoms with van der Waals surface area (Å²) in [5, 5.41) is 12.3. The van der Waals surface area contributed by atoms with Crippen LogP contribution in [-0.4, -0.2) is 87.6 Å². The number of hydrogen-bond donors (Lipinski definition) is 2. The predicted molar refractivity (Wildman–Crippen MR) is 131 cm³/mol. The minimum absolute atomic E-state index is 0.0488. The van der Waals surface area contributed by atoms with Crippen LogP contribution in [0.1, 0.15) is 35.9 Å². The number of carbonyl (C=O) groups excluding carboxylic acids is 3. The highest BCUT2D eigenvalue weighted by atomic mass is 35.5. The number of aliphatic carboxylic acids is 1. The lowest BCUT2D eigenvalue weighted by Crippen LogP contribution is -2.56. The number of rotatable bonds is 8. The van der Waals surface area contributed by atoms with E-state index in [1.54, 1.807) is 38.1 Å². The highest BCUT2D eigenvalue weighted by molar-refractivity contribution is 6.30. The molecular weight excluding hydrogens is 490 g/mol. The van der Waals surface area contributed by atoms with Crippen LogP contribution in [0, 0.1) is 6.92 Å². The average molecular weight is 518 g/mol. The monoisotopic (exact) mass is 517 g/mol. The van der Waals surface area contributed by atoms with Gasteiger partial charge in [-0.15, -0.1) is 0 Å². The number of ether oxygens (including phenoxy) is 1. The van der Waals surface area contributed by atoms with Gasteiger partial charge < -0.3 is 25.0 Å². The summed E-state index contributed by atoms with van der Waals surface area (Å²) in [5.74, 6) is -1.81. The third-order valence-corrected chi connectivity index (χ3v) is 5.81. The van der Waals surface area contributed by atoms with Crippen molar-refractivity contribution in [2.75, 3.05) is 32.8 Å². The molecule has 11 nitrogen and oxygen atoms in total. The molecule has 0 spiro atoms. The third-order valence-electron chi connectivity index (χ3n) is 5.56. The molecule has 0 unspecified atom stereocenters. The van der Waals surface area contributed by atoms with Crippen molar-refractivity contribution in [3.05, 3.63) is 46.7 Å². The lowest BCUT2D eigenvalue weighted by molar-refractivity contribution is -0.138. The molecule has 0 aliphatic carbocycles. The van der Waals surface area contributed by atoms with Gasteiger partial charge in [0.1, 0.15) is 11.7 Å². The van der Waals surface area contributed by atoms with Gasteiger partial charge in [-0.1, -0.05) is 11.6 Å². The number of piperazine rings is 1. The Balaban J connectivity index is 1.74. The molecule has 1 aliphatic rings. The fourth-order valence-corrected chi connectivity index (χ4v) is 3.84. The van der Waals surface area contributed by atoms with Crippen LogP contribution in [0.2, 0.25) is 5.02 Å². The van der Waals surface area contributed by atoms with Crippen LogP contribution in [-0.2, 0) is 14.3 Å². The van der Waals surface area contributed by atoms with Crippen LogP contribution in [0.4, 0.5) is 4.79 Å². The zero-order chi connectivity index (χ0) is 26.2. The van der Waals surface area contributed by atoms with Crippen molar-refractivity contribution in [1.29, 1.82) is 0 Å². The van der Waals surface area contributed by atoms with E-state index in [-0.39, 0.29) is 51.3 Å². The third kappa shape index (κ3) is 7.14. The van der Waals surface area contributed by atoms with Gasteiger partial charge in [0.15, 0.2) is 5.82 Å². The summed E-state index contributed by atoms with van der Waals surface area (Å²) in [6.45, 7) is 4.72. The number of carboxylic acid groups (broad SMARTS) is 1. The SMILES string of the molecule is CCOC(=O)N1CCN(C(=O)[C@H](CCC(=O)O)NC(=O)c2cc(C)nc(-c3ccc(Cl)cc3)n2)CC1. The first kappa shape index (κ1) is 26.9. The van der Waals surface area contributed by atoms with Crippen molar-refractivity contribution < 1.29 is 29.0 Å². The number of hydrogen-bond acceptors (Lipinski definition) is 7. The highest BCUT2D eigenvalue weighted by Gasteiger charge is 2.31. The van der Waals surface area contributed by atoms with E-state index in [4.69, 9.17) is 21.4 Å². The van der Waals surface area contributed by atoms with E-state index in [0.717, 1.165) is 0 Å². The van der Waals surface area contributed by atoms with E-state index in [2.05, 4.69) is 15.3 Å². The molecular formula is C24H28ClN5O6. The Labute approximate surface area is 213 Å². The number of carbonyl (C=O) groups is 4. The summed E-state index contributed by atoms with van der Waals surface area (Å²) >= 11 is 5.94. The quantitative estimate of drug-likeness (QED) is 0.543. The Bertz CT molecular complexity index is 1120. The van der Waals surface area contributed by atoms with Gasteiger partial charge in [0.25, 0.3) is 5.91 Å². The number of nitrogens with one attached hydrogen (secondary N) is 1. The average Bonchev–Trinajstić information content (AvgIpc) is 2.86. The van der Waals surface area contributed by atoms with E-state index in [9.17, 15) is 19.2 Å². The molecule has 192 valence electrons. The Morgan fingerprint density at radius 3 is 2.33 bits per heavy atom. The highest BCUT2D eigenvalue weighted by Crippen LogP contribution is 2.19. The minimum atomic E-state index is -1.09. The Kier molecular flexibility index (Phi) is 9.18. The van der Waals surface area contributed by atoms with Gasteiger partial charge in [-0.05, 0) is 50.6 Å². The number of aromatic nitrogens is 2. The van der Waals surface area contributed by atoms with Crippen molar-refractivity contribution in [1.82, 2.24) is 25.1 Å². The van der Waals surface area contributed by atoms with Gasteiger partial charge in [-0.3, -0.25) is 14.4 Å². The van der Waals surface area contributed by atoms with Crippen molar-refractivity contribution in [2.24, 2.45) is 0 Å². The molecule has 1 atom stereocenters. The molecule has 3 rings (SSSR count). The second-order valence-corrected chi connectivity index (χ2v) is 8.63. The summed E-state index contributed by atoms with van der Waals surface area (Å²) in [5.41, 5.74) is 1.26. The van der Waals surface area contributed by atoms with Crippen LogP contribution in [0.15, 0.2) is 30.3 Å². The molecule has 2 heterocycles. The Hall–Kier alpha value is -3.73. The number of carboxylic acids is 1. The summed E-state index contributed by atoms with van der Waals surface area (Å²) in [6, 6.07) is 7.25. The smallest absolute Gasteiger partial charge is 0.409 e. The lowest BCUT2D eigenvalue weighted by Gasteiger charge is -2.35. The first-order valence-electron chi connectivity index (χ1n) is 11.5. The number of nitrogens with zero attached hydrogens (tertiary/aromatic N) is 4. The normalized spacial score (nSPS) is 14.2. The molecule has 1 fully saturated rings. The summed E-state index contributed by atoms with van der Waals surface area (Å²) < 4.78 is 4.99. The van der Waals surface area contributed by atoms with Crippen molar-refractivity contribution in [3.8, 4) is 11.4 Å². The minimum Gasteiger partial charge on any atom is -0.481 e. The fraction of sp³-hybridized carbons (Fsp3) is 0.417. The molecule has 0 radical (unpaired) electrons. The van der Waals surface area contributed by atoms with Crippen LogP contribution >= 0.6 is 11.6 Å². The van der Waals surface area contributed by atoms with Crippen molar-refractivity contribution in [3.63, 3.8) is 0 Å². The molecule has 1 aromatic carbocycles. The second kappa shape index (κ2) is 12.3. The second-order valence-electron chi connectivity index (χ2n) is 8.19. The lowest BCUT2D eigenvalue weighted by atomic mass is 10.1. The molecule has 1 aliphatic heterocycles. The zero-order valence-corrected chi connectivity index (χ0v) is 20.8. The number of amides is 3. The van der Waals surface area contributed by atoms with Gasteiger partial charge in [0, 0.05) is 48.9 Å². The molecule has 2 N–H and O–H groups in total. The van der Waals surface area contributed by atoms with Gasteiger partial charge in [0.2, 0.25) is 5.91 Å². The maximum atomic E-state index is 13.2. The van der Waals surface area contributed by atoms with E-state index >= 15 is 0 Å². The van der Waals surface area contributed by atoms with E-state index in [1.807, 2.05) is 0 Å². The van der Waals surface area contributed by atoms with Crippen LogP contribution in [0.5, 0.6) is 0 Å². The number of halogens is 1. The molecule has 0 saturated carbocycles. The topological polar surface area (TPSA) is 142 Å². The van der Waals surface area contributed by atoms with Crippen LogP contribution < -0.4 is 5.32 Å². The van der Waals surface area contributed by atoms with Gasteiger partial charge in [-0.25, -0.2) is 14.8 Å². The molecule has 0 bridgehead atoms. The fourth-order valence-electron chi connectivity index (χ4n) is 3.71. The summed E-state index contributed by atoms with van der Waals surface area (Å²) in [4.78, 5) is 61.1. The number of aryl methyl sites for hydroxylation is 1. The summed E-state index contributed by atoms with van der Waals surface area (Å²) in [6.07, 6.45) is -0.847. The van der Waals surface area contributed by atoms with Crippen LogP contribution in [0.3, 0.4) is 0 Å². The molecule has 1 saturated heterocycles. The van der Waals surface area contributed by atoms with Gasteiger partial charge in [0.05, 0.1) is 6.61 Å². The molecule has 3 amide bonds. The predicted octanol–water partition coefficient (Wildman–Crippen LogP) is 2.37. The van der Waals surface area contributed by atoms with Gasteiger partial charge in [-0.2, -0.15) is 0 Å². The Morgan fingerprint density at radius 1 is 1.08 bits per heavy atom. The first-order chi connectivity index (χ1) is 17.2. The van der Waals surface area contributed by atoms with Gasteiger partial charge >= 0.3 is 12.1 Å². The van der Waals surface area contributed by atoms with E-state index in [1.165, 1.54) is 15.9 Å². The summed E-state index contributed by atoms with van der Waals surface area (Å²) in [7, 11) is 0. The van der Waals surface area contributed by atoms with E-state index < -0.39 is 29.9 Å². The maximum absolute atomic E-state index is 13.2. The van der Waals surface area contributed by atoms with E-state index in [0.29, 0.717) is 22.1 Å². The van der Waals surface area contributed by atoms with Crippen molar-refractivity contribution >= 4 is 35.5 Å². The molecule has 12 heteroatoms. The molecule has 36 heavy (non-hydrogen) atoms. The standard InChI is InChI=1S/C24H28ClN5O6/c1-3-36-24(35)30-12-10-29(11-13-30)23(34)18(8-9-20(31)32)28-22(33)19-14-15(2)26-21(27-19)16-4-6-17(25)7-5-16/h4-7,14,18H,3,8-13H2,1-2H3,(H,28,33)(H,31,32)/t18-/m0/s1. The molecule has 2 aromatic rings. The number of benzene rings is 1. The molecule has 1 aromatic heterocycles. The Morgan fingerprint density at radius 2 is 1.72 bits per heavy atom.